The molecule has 1 atom stereocenters. The highest BCUT2D eigenvalue weighted by Crippen LogP contribution is 2.40. The molecule has 0 saturated carbocycles. The maximum Gasteiger partial charge on any atom is 0.257 e. The van der Waals surface area contributed by atoms with Crippen LogP contribution in [0.2, 0.25) is 0 Å². The van der Waals surface area contributed by atoms with Gasteiger partial charge in [0.15, 0.2) is 21.3 Å². The van der Waals surface area contributed by atoms with Gasteiger partial charge in [0, 0.05) is 18.7 Å². The summed E-state index contributed by atoms with van der Waals surface area (Å²) in [5.41, 5.74) is 0.368. The Labute approximate surface area is 175 Å². The van der Waals surface area contributed by atoms with Crippen LogP contribution in [0.15, 0.2) is 36.4 Å². The van der Waals surface area contributed by atoms with E-state index in [0.717, 1.165) is 0 Å². The third kappa shape index (κ3) is 4.07. The first-order valence-electron chi connectivity index (χ1n) is 9.38. The molecule has 0 radical (unpaired) electrons. The number of amides is 1. The van der Waals surface area contributed by atoms with Gasteiger partial charge in [0.2, 0.25) is 5.75 Å². The third-order valence-electron chi connectivity index (χ3n) is 5.21. The summed E-state index contributed by atoms with van der Waals surface area (Å²) in [5, 5.41) is -0.996. The molecule has 30 heavy (non-hydrogen) atoms. The first-order chi connectivity index (χ1) is 14.3. The van der Waals surface area contributed by atoms with E-state index in [1.54, 1.807) is 18.2 Å². The van der Waals surface area contributed by atoms with Gasteiger partial charge in [0.25, 0.3) is 5.91 Å². The van der Waals surface area contributed by atoms with Gasteiger partial charge in [-0.25, -0.2) is 12.8 Å². The molecule has 2 aromatic rings. The molecule has 7 nitrogen and oxygen atoms in total. The fourth-order valence-corrected chi connectivity index (χ4v) is 5.47. The van der Waals surface area contributed by atoms with E-state index in [0.29, 0.717) is 5.75 Å². The van der Waals surface area contributed by atoms with Crippen LogP contribution < -0.4 is 14.2 Å². The van der Waals surface area contributed by atoms with Crippen molar-refractivity contribution < 1.29 is 31.8 Å². The molecule has 1 amide bonds. The number of benzene rings is 2. The average Bonchev–Trinajstić information content (AvgIpc) is 2.90. The largest absolute Gasteiger partial charge is 0.493 e. The molecule has 9 heteroatoms. The van der Waals surface area contributed by atoms with Crippen molar-refractivity contribution >= 4 is 15.7 Å². The molecule has 1 fully saturated rings. The maximum absolute atomic E-state index is 14.2. The maximum atomic E-state index is 14.2. The molecular formula is C21H24FNO6S. The Hall–Kier alpha value is -2.81. The molecule has 2 aromatic carbocycles. The number of hydrogen-bond donors (Lipinski definition) is 0. The summed E-state index contributed by atoms with van der Waals surface area (Å²) in [6.07, 6.45) is 0.102. The number of rotatable bonds is 5. The quantitative estimate of drug-likeness (QED) is 0.716. The van der Waals surface area contributed by atoms with Crippen molar-refractivity contribution in [1.82, 2.24) is 4.90 Å². The van der Waals surface area contributed by atoms with E-state index in [-0.39, 0.29) is 47.9 Å². The lowest BCUT2D eigenvalue weighted by molar-refractivity contribution is 0.0762. The summed E-state index contributed by atoms with van der Waals surface area (Å²) in [7, 11) is 0.689. The lowest BCUT2D eigenvalue weighted by Crippen LogP contribution is -2.33. The Bertz CT molecular complexity index is 1040. The number of halogens is 1. The van der Waals surface area contributed by atoms with Crippen LogP contribution in [-0.2, 0) is 9.84 Å². The molecule has 0 N–H and O–H groups in total. The molecular weight excluding hydrogens is 413 g/mol. The Morgan fingerprint density at radius 2 is 1.70 bits per heavy atom. The Kier molecular flexibility index (Phi) is 6.50. The van der Waals surface area contributed by atoms with Crippen LogP contribution >= 0.6 is 0 Å². The van der Waals surface area contributed by atoms with Crippen LogP contribution in [0.5, 0.6) is 17.2 Å². The first-order valence-corrected chi connectivity index (χ1v) is 11.1. The number of carbonyl (C=O) groups excluding carboxylic acids is 1. The predicted octanol–water partition coefficient (Wildman–Crippen LogP) is 2.85. The minimum absolute atomic E-state index is 0.00359. The zero-order valence-corrected chi connectivity index (χ0v) is 17.9. The molecule has 3 rings (SSSR count). The van der Waals surface area contributed by atoms with Gasteiger partial charge in [0.1, 0.15) is 5.82 Å². The number of sulfone groups is 1. The number of nitrogens with zero attached hydrogens (tertiary/aromatic N) is 1. The topological polar surface area (TPSA) is 82.1 Å². The van der Waals surface area contributed by atoms with E-state index in [9.17, 15) is 17.6 Å². The Balaban J connectivity index is 1.92. The van der Waals surface area contributed by atoms with Crippen molar-refractivity contribution in [3.63, 3.8) is 0 Å². The van der Waals surface area contributed by atoms with Crippen molar-refractivity contribution in [2.24, 2.45) is 0 Å². The molecule has 0 aromatic heterocycles. The molecule has 1 heterocycles. The van der Waals surface area contributed by atoms with E-state index >= 15 is 0 Å². The van der Waals surface area contributed by atoms with Crippen LogP contribution in [0, 0.1) is 5.82 Å². The normalized spacial score (nSPS) is 18.4. The van der Waals surface area contributed by atoms with Gasteiger partial charge in [-0.3, -0.25) is 4.79 Å². The second kappa shape index (κ2) is 8.91. The van der Waals surface area contributed by atoms with E-state index in [2.05, 4.69) is 0 Å². The highest BCUT2D eigenvalue weighted by atomic mass is 32.2. The number of carbonyl (C=O) groups is 1. The summed E-state index contributed by atoms with van der Waals surface area (Å²) in [6.45, 7) is 0.165. The second-order valence-corrected chi connectivity index (χ2v) is 9.14. The van der Waals surface area contributed by atoms with Crippen molar-refractivity contribution in [1.29, 1.82) is 0 Å². The molecule has 0 bridgehead atoms. The van der Waals surface area contributed by atoms with Crippen LogP contribution in [0.1, 0.15) is 27.6 Å². The SMILES string of the molecule is COc1ccc(C(=O)N2CCC(c3ccccc3F)S(=O)(=O)CC2)c(OC)c1OC. The van der Waals surface area contributed by atoms with Crippen molar-refractivity contribution in [3.05, 3.63) is 53.3 Å². The van der Waals surface area contributed by atoms with E-state index < -0.39 is 26.8 Å². The van der Waals surface area contributed by atoms with Crippen LogP contribution in [0.4, 0.5) is 4.39 Å². The van der Waals surface area contributed by atoms with E-state index in [1.165, 1.54) is 44.4 Å². The van der Waals surface area contributed by atoms with Crippen molar-refractivity contribution in [2.75, 3.05) is 40.2 Å². The van der Waals surface area contributed by atoms with Gasteiger partial charge >= 0.3 is 0 Å². The highest BCUT2D eigenvalue weighted by Gasteiger charge is 2.35. The number of methoxy groups -OCH3 is 3. The van der Waals surface area contributed by atoms with Gasteiger partial charge in [-0.2, -0.15) is 0 Å². The van der Waals surface area contributed by atoms with Gasteiger partial charge < -0.3 is 19.1 Å². The Morgan fingerprint density at radius 3 is 2.33 bits per heavy atom. The standard InChI is InChI=1S/C21H24FNO6S/c1-27-17-9-8-15(19(28-2)20(17)29-3)21(24)23-11-10-18(30(25,26)13-12-23)14-6-4-5-7-16(14)22/h4-9,18H,10-13H2,1-3H3. The van der Waals surface area contributed by atoms with E-state index in [4.69, 9.17) is 14.2 Å². The van der Waals surface area contributed by atoms with Gasteiger partial charge in [-0.05, 0) is 24.6 Å². The molecule has 1 saturated heterocycles. The summed E-state index contributed by atoms with van der Waals surface area (Å²) < 4.78 is 55.8. The summed E-state index contributed by atoms with van der Waals surface area (Å²) in [6, 6.07) is 8.98. The smallest absolute Gasteiger partial charge is 0.257 e. The second-order valence-electron chi connectivity index (χ2n) is 6.84. The van der Waals surface area contributed by atoms with E-state index in [1.807, 2.05) is 0 Å². The lowest BCUT2D eigenvalue weighted by Gasteiger charge is -2.22. The van der Waals surface area contributed by atoms with Crippen LogP contribution in [0.25, 0.3) is 0 Å². The zero-order chi connectivity index (χ0) is 21.9. The number of ether oxygens (including phenoxy) is 3. The molecule has 1 aliphatic heterocycles. The molecule has 0 spiro atoms. The monoisotopic (exact) mass is 437 g/mol. The summed E-state index contributed by atoms with van der Waals surface area (Å²) >= 11 is 0. The first kappa shape index (κ1) is 21.9. The van der Waals surface area contributed by atoms with Crippen molar-refractivity contribution in [2.45, 2.75) is 11.7 Å². The predicted molar refractivity (Wildman–Crippen MR) is 110 cm³/mol. The highest BCUT2D eigenvalue weighted by molar-refractivity contribution is 7.91. The summed E-state index contributed by atoms with van der Waals surface area (Å²) in [5.74, 6) is -0.321. The fourth-order valence-electron chi connectivity index (χ4n) is 3.67. The lowest BCUT2D eigenvalue weighted by atomic mass is 10.1. The summed E-state index contributed by atoms with van der Waals surface area (Å²) in [4.78, 5) is 14.6. The van der Waals surface area contributed by atoms with Gasteiger partial charge in [0.05, 0.1) is 37.9 Å². The molecule has 162 valence electrons. The van der Waals surface area contributed by atoms with Crippen LogP contribution in [-0.4, -0.2) is 59.4 Å². The fraction of sp³-hybridized carbons (Fsp3) is 0.381. The third-order valence-corrected chi connectivity index (χ3v) is 7.32. The number of hydrogen-bond acceptors (Lipinski definition) is 6. The molecule has 1 unspecified atom stereocenters. The van der Waals surface area contributed by atoms with Crippen LogP contribution in [0.3, 0.4) is 0 Å². The zero-order valence-electron chi connectivity index (χ0n) is 17.1. The van der Waals surface area contributed by atoms with Gasteiger partial charge in [-0.1, -0.05) is 18.2 Å². The average molecular weight is 437 g/mol. The molecule has 0 aliphatic carbocycles. The molecule has 1 aliphatic rings. The minimum atomic E-state index is -3.63. The van der Waals surface area contributed by atoms with Gasteiger partial charge in [-0.15, -0.1) is 0 Å². The minimum Gasteiger partial charge on any atom is -0.493 e. The van der Waals surface area contributed by atoms with Crippen molar-refractivity contribution in [3.8, 4) is 17.2 Å². The Morgan fingerprint density at radius 1 is 1.00 bits per heavy atom.